The summed E-state index contributed by atoms with van der Waals surface area (Å²) in [6, 6.07) is 7.75. The summed E-state index contributed by atoms with van der Waals surface area (Å²) in [5, 5.41) is 16.8. The number of amides is 1. The number of hydrogen-bond acceptors (Lipinski definition) is 6. The number of carbonyl (C=O) groups is 2. The third kappa shape index (κ3) is 4.58. The van der Waals surface area contributed by atoms with E-state index < -0.39 is 27.0 Å². The molecule has 0 aliphatic carbocycles. The normalized spacial score (nSPS) is 15.6. The van der Waals surface area contributed by atoms with Crippen LogP contribution >= 0.6 is 0 Å². The Labute approximate surface area is 145 Å². The van der Waals surface area contributed by atoms with Crippen molar-refractivity contribution in [3.63, 3.8) is 0 Å². The molecule has 132 valence electrons. The lowest BCUT2D eigenvalue weighted by atomic mass is 10.2. The van der Waals surface area contributed by atoms with Gasteiger partial charge in [0.15, 0.2) is 0 Å². The molecule has 0 radical (unpaired) electrons. The van der Waals surface area contributed by atoms with Crippen LogP contribution < -0.4 is 4.74 Å². The molecule has 1 aromatic rings. The highest BCUT2D eigenvalue weighted by molar-refractivity contribution is 7.93. The summed E-state index contributed by atoms with van der Waals surface area (Å²) in [5.41, 5.74) is 0.398. The molecule has 1 aromatic carbocycles. The molecule has 0 saturated heterocycles. The molecule has 0 bridgehead atoms. The molecule has 25 heavy (non-hydrogen) atoms. The fourth-order valence-corrected chi connectivity index (χ4v) is 3.54. The Kier molecular flexibility index (Phi) is 5.77. The van der Waals surface area contributed by atoms with Crippen LogP contribution in [0.4, 0.5) is 0 Å². The minimum absolute atomic E-state index is 0.00595. The third-order valence-corrected chi connectivity index (χ3v) is 5.14. The number of nitriles is 1. The number of carbonyl (C=O) groups excluding carboxylic acids is 1. The molecule has 0 aromatic heterocycles. The van der Waals surface area contributed by atoms with Crippen LogP contribution in [0.15, 0.2) is 35.4 Å². The fraction of sp³-hybridized carbons (Fsp3) is 0.312. The van der Waals surface area contributed by atoms with E-state index in [0.29, 0.717) is 29.1 Å². The van der Waals surface area contributed by atoms with E-state index >= 15 is 0 Å². The largest absolute Gasteiger partial charge is 0.481 e. The van der Waals surface area contributed by atoms with E-state index in [-0.39, 0.29) is 18.7 Å². The lowest BCUT2D eigenvalue weighted by Crippen LogP contribution is -2.32. The smallest absolute Gasteiger partial charge is 0.303 e. The monoisotopic (exact) mass is 364 g/mol. The summed E-state index contributed by atoms with van der Waals surface area (Å²) < 4.78 is 30.7. The second-order valence-corrected chi connectivity index (χ2v) is 7.11. The van der Waals surface area contributed by atoms with E-state index in [4.69, 9.17) is 15.1 Å². The van der Waals surface area contributed by atoms with Crippen molar-refractivity contribution >= 4 is 21.9 Å². The lowest BCUT2D eigenvalue weighted by molar-refractivity contribution is -0.137. The molecule has 1 heterocycles. The molecular formula is C16H16N2O6S. The highest BCUT2D eigenvalue weighted by atomic mass is 32.2. The van der Waals surface area contributed by atoms with Crippen LogP contribution in [0.3, 0.4) is 0 Å². The lowest BCUT2D eigenvalue weighted by Gasteiger charge is -2.16. The second kappa shape index (κ2) is 7.81. The fourth-order valence-electron chi connectivity index (χ4n) is 2.21. The Morgan fingerprint density at radius 2 is 1.88 bits per heavy atom. The predicted molar refractivity (Wildman–Crippen MR) is 86.6 cm³/mol. The first kappa shape index (κ1) is 18.5. The third-order valence-electron chi connectivity index (χ3n) is 3.49. The van der Waals surface area contributed by atoms with Crippen LogP contribution in [0.1, 0.15) is 31.2 Å². The van der Waals surface area contributed by atoms with E-state index in [9.17, 15) is 18.0 Å². The molecule has 1 aliphatic heterocycles. The topological polar surface area (TPSA) is 125 Å². The van der Waals surface area contributed by atoms with Gasteiger partial charge in [-0.1, -0.05) is 6.42 Å². The van der Waals surface area contributed by atoms with Gasteiger partial charge >= 0.3 is 5.97 Å². The highest BCUT2D eigenvalue weighted by Crippen LogP contribution is 2.26. The van der Waals surface area contributed by atoms with Crippen molar-refractivity contribution in [2.24, 2.45) is 0 Å². The molecule has 0 unspecified atom stereocenters. The number of rotatable bonds is 8. The quantitative estimate of drug-likeness (QED) is 0.694. The first-order chi connectivity index (χ1) is 11.8. The number of nitrogens with zero attached hydrogens (tertiary/aromatic N) is 2. The Morgan fingerprint density at radius 3 is 2.48 bits per heavy atom. The number of benzene rings is 1. The Balaban J connectivity index is 1.97. The van der Waals surface area contributed by atoms with Gasteiger partial charge in [0, 0.05) is 13.0 Å². The Bertz CT molecular complexity index is 836. The molecule has 0 spiro atoms. The highest BCUT2D eigenvalue weighted by Gasteiger charge is 2.38. The minimum atomic E-state index is -4.05. The predicted octanol–water partition coefficient (Wildman–Crippen LogP) is 1.60. The molecule has 0 fully saturated rings. The van der Waals surface area contributed by atoms with Crippen LogP contribution in [0.5, 0.6) is 5.75 Å². The average Bonchev–Trinajstić information content (AvgIpc) is 2.77. The van der Waals surface area contributed by atoms with Gasteiger partial charge in [-0.15, -0.1) is 0 Å². The standard InChI is InChI=1S/C16H16N2O6S/c17-11-12-5-7-13(8-6-12)24-16-10-14(19)18(25(16,22)23)9-3-1-2-4-15(20)21/h5-8,10H,1-4,9H2,(H,20,21). The van der Waals surface area contributed by atoms with E-state index in [1.165, 1.54) is 24.3 Å². The van der Waals surface area contributed by atoms with Crippen molar-refractivity contribution in [1.29, 1.82) is 5.26 Å². The van der Waals surface area contributed by atoms with Gasteiger partial charge in [-0.25, -0.2) is 4.31 Å². The molecule has 2 rings (SSSR count). The number of unbranched alkanes of at least 4 members (excludes halogenated alkanes) is 2. The molecule has 1 aliphatic rings. The summed E-state index contributed by atoms with van der Waals surface area (Å²) >= 11 is 0. The van der Waals surface area contributed by atoms with E-state index in [2.05, 4.69) is 0 Å². The van der Waals surface area contributed by atoms with Gasteiger partial charge < -0.3 is 9.84 Å². The number of sulfonamides is 1. The number of aliphatic carboxylic acids is 1. The summed E-state index contributed by atoms with van der Waals surface area (Å²) in [5.74, 6) is -1.41. The van der Waals surface area contributed by atoms with Gasteiger partial charge in [0.1, 0.15) is 5.75 Å². The Morgan fingerprint density at radius 1 is 1.20 bits per heavy atom. The average molecular weight is 364 g/mol. The number of carboxylic acid groups (broad SMARTS) is 1. The second-order valence-electron chi connectivity index (χ2n) is 5.32. The molecule has 8 nitrogen and oxygen atoms in total. The van der Waals surface area contributed by atoms with E-state index in [0.717, 1.165) is 6.08 Å². The van der Waals surface area contributed by atoms with Crippen molar-refractivity contribution in [2.75, 3.05) is 6.54 Å². The van der Waals surface area contributed by atoms with Gasteiger partial charge in [-0.2, -0.15) is 13.7 Å². The zero-order chi connectivity index (χ0) is 18.4. The first-order valence-electron chi connectivity index (χ1n) is 7.53. The van der Waals surface area contributed by atoms with Gasteiger partial charge in [-0.05, 0) is 37.1 Å². The van der Waals surface area contributed by atoms with Gasteiger partial charge in [0.05, 0.1) is 17.7 Å². The molecule has 1 amide bonds. The summed E-state index contributed by atoms with van der Waals surface area (Å²) in [6.07, 6.45) is 2.20. The van der Waals surface area contributed by atoms with Crippen molar-refractivity contribution in [3.05, 3.63) is 41.0 Å². The summed E-state index contributed by atoms with van der Waals surface area (Å²) in [6.45, 7) is -0.0302. The zero-order valence-electron chi connectivity index (χ0n) is 13.2. The summed E-state index contributed by atoms with van der Waals surface area (Å²) in [4.78, 5) is 22.3. The maximum Gasteiger partial charge on any atom is 0.303 e. The molecule has 0 atom stereocenters. The van der Waals surface area contributed by atoms with Gasteiger partial charge in [-0.3, -0.25) is 9.59 Å². The van der Waals surface area contributed by atoms with E-state index in [1.807, 2.05) is 6.07 Å². The van der Waals surface area contributed by atoms with E-state index in [1.54, 1.807) is 0 Å². The van der Waals surface area contributed by atoms with Crippen molar-refractivity contribution < 1.29 is 27.9 Å². The molecule has 0 saturated carbocycles. The van der Waals surface area contributed by atoms with Gasteiger partial charge in [0.2, 0.25) is 5.09 Å². The van der Waals surface area contributed by atoms with Crippen LogP contribution in [-0.4, -0.2) is 36.3 Å². The van der Waals surface area contributed by atoms with Crippen molar-refractivity contribution in [2.45, 2.75) is 25.7 Å². The van der Waals surface area contributed by atoms with Crippen molar-refractivity contribution in [3.8, 4) is 11.8 Å². The van der Waals surface area contributed by atoms with Crippen LogP contribution in [0, 0.1) is 11.3 Å². The van der Waals surface area contributed by atoms with Crippen LogP contribution in [0.25, 0.3) is 0 Å². The Hall–Kier alpha value is -2.86. The number of carboxylic acids is 1. The van der Waals surface area contributed by atoms with Gasteiger partial charge in [0.25, 0.3) is 15.9 Å². The SMILES string of the molecule is N#Cc1ccc(OC2=CC(=O)N(CCCCCC(=O)O)S2(=O)=O)cc1. The summed E-state index contributed by atoms with van der Waals surface area (Å²) in [7, 11) is -4.05. The maximum atomic E-state index is 12.4. The van der Waals surface area contributed by atoms with Crippen molar-refractivity contribution in [1.82, 2.24) is 4.31 Å². The molecular weight excluding hydrogens is 348 g/mol. The first-order valence-corrected chi connectivity index (χ1v) is 8.97. The number of ether oxygens (including phenoxy) is 1. The van der Waals surface area contributed by atoms with Crippen LogP contribution in [0.2, 0.25) is 0 Å². The minimum Gasteiger partial charge on any atom is -0.481 e. The molecule has 9 heteroatoms. The number of hydrogen-bond donors (Lipinski definition) is 1. The maximum absolute atomic E-state index is 12.4. The molecule has 1 N–H and O–H groups in total. The van der Waals surface area contributed by atoms with Crippen LogP contribution in [-0.2, 0) is 19.6 Å². The zero-order valence-corrected chi connectivity index (χ0v) is 14.0.